The molecule has 0 bridgehead atoms. The third kappa shape index (κ3) is 3.22. The predicted molar refractivity (Wildman–Crippen MR) is 75.1 cm³/mol. The van der Waals surface area contributed by atoms with Gasteiger partial charge in [-0.15, -0.1) is 0 Å². The number of hydrogen-bond donors (Lipinski definition) is 1. The highest BCUT2D eigenvalue weighted by Gasteiger charge is 2.15. The number of hydrogen-bond acceptors (Lipinski definition) is 1. The van der Waals surface area contributed by atoms with Crippen LogP contribution in [0.5, 0.6) is 0 Å². The highest BCUT2D eigenvalue weighted by molar-refractivity contribution is 5.84. The van der Waals surface area contributed by atoms with Crippen molar-refractivity contribution in [2.75, 3.05) is 0 Å². The molecule has 0 heterocycles. The van der Waals surface area contributed by atoms with Crippen LogP contribution in [0.25, 0.3) is 5.70 Å². The minimum atomic E-state index is -0.0728. The standard InChI is InChI=1S/C16H21NO/c1-12(17-13(2)18)14-8-10-16(11-9-14)15-6-4-3-5-7-15/h8-11,15H,1,3-7H2,2H3,(H,17,18). The van der Waals surface area contributed by atoms with E-state index in [1.807, 2.05) is 0 Å². The number of carbonyl (C=O) groups excluding carboxylic acids is 1. The van der Waals surface area contributed by atoms with E-state index in [2.05, 4.69) is 36.2 Å². The number of rotatable bonds is 3. The average Bonchev–Trinajstić information content (AvgIpc) is 2.39. The van der Waals surface area contributed by atoms with Crippen LogP contribution in [0.1, 0.15) is 56.1 Å². The van der Waals surface area contributed by atoms with E-state index in [0.29, 0.717) is 5.70 Å². The molecule has 0 radical (unpaired) electrons. The van der Waals surface area contributed by atoms with Gasteiger partial charge in [0.2, 0.25) is 5.91 Å². The molecule has 1 aromatic carbocycles. The van der Waals surface area contributed by atoms with Crippen molar-refractivity contribution in [2.45, 2.75) is 44.9 Å². The summed E-state index contributed by atoms with van der Waals surface area (Å²) in [4.78, 5) is 11.0. The number of benzene rings is 1. The van der Waals surface area contributed by atoms with E-state index >= 15 is 0 Å². The SMILES string of the molecule is C=C(NC(C)=O)c1ccc(C2CCCCC2)cc1. The number of nitrogens with one attached hydrogen (secondary N) is 1. The third-order valence-corrected chi connectivity index (χ3v) is 3.66. The van der Waals surface area contributed by atoms with Crippen LogP contribution in [0.2, 0.25) is 0 Å². The first-order valence-corrected chi connectivity index (χ1v) is 6.73. The highest BCUT2D eigenvalue weighted by atomic mass is 16.1. The Labute approximate surface area is 109 Å². The minimum Gasteiger partial charge on any atom is -0.326 e. The Kier molecular flexibility index (Phi) is 4.19. The Bertz CT molecular complexity index is 427. The van der Waals surface area contributed by atoms with E-state index in [4.69, 9.17) is 0 Å². The van der Waals surface area contributed by atoms with Gasteiger partial charge in [0.1, 0.15) is 0 Å². The normalized spacial score (nSPS) is 16.3. The van der Waals surface area contributed by atoms with Crippen molar-refractivity contribution in [2.24, 2.45) is 0 Å². The summed E-state index contributed by atoms with van der Waals surface area (Å²) >= 11 is 0. The van der Waals surface area contributed by atoms with Gasteiger partial charge in [-0.2, -0.15) is 0 Å². The van der Waals surface area contributed by atoms with Crippen molar-refractivity contribution < 1.29 is 4.79 Å². The third-order valence-electron chi connectivity index (χ3n) is 3.66. The maximum absolute atomic E-state index is 11.0. The van der Waals surface area contributed by atoms with Gasteiger partial charge in [0.25, 0.3) is 0 Å². The lowest BCUT2D eigenvalue weighted by Gasteiger charge is -2.22. The second-order valence-electron chi connectivity index (χ2n) is 5.12. The zero-order chi connectivity index (χ0) is 13.0. The minimum absolute atomic E-state index is 0.0728. The maximum atomic E-state index is 11.0. The molecule has 18 heavy (non-hydrogen) atoms. The molecule has 1 amide bonds. The summed E-state index contributed by atoms with van der Waals surface area (Å²) in [5.74, 6) is 0.651. The maximum Gasteiger partial charge on any atom is 0.221 e. The van der Waals surface area contributed by atoms with Crippen molar-refractivity contribution in [3.05, 3.63) is 42.0 Å². The summed E-state index contributed by atoms with van der Waals surface area (Å²) in [5.41, 5.74) is 3.09. The van der Waals surface area contributed by atoms with E-state index in [0.717, 1.165) is 11.5 Å². The van der Waals surface area contributed by atoms with E-state index in [9.17, 15) is 4.79 Å². The lowest BCUT2D eigenvalue weighted by molar-refractivity contribution is -0.117. The Balaban J connectivity index is 2.04. The fourth-order valence-electron chi connectivity index (χ4n) is 2.68. The lowest BCUT2D eigenvalue weighted by atomic mass is 9.84. The van der Waals surface area contributed by atoms with Crippen LogP contribution in [0.4, 0.5) is 0 Å². The summed E-state index contributed by atoms with van der Waals surface area (Å²) in [6, 6.07) is 8.47. The average molecular weight is 243 g/mol. The quantitative estimate of drug-likeness (QED) is 0.858. The molecule has 0 spiro atoms. The van der Waals surface area contributed by atoms with Gasteiger partial charge in [0.05, 0.1) is 0 Å². The summed E-state index contributed by atoms with van der Waals surface area (Å²) in [5, 5.41) is 2.72. The number of carbonyl (C=O) groups is 1. The molecule has 1 fully saturated rings. The van der Waals surface area contributed by atoms with Crippen molar-refractivity contribution in [3.8, 4) is 0 Å². The smallest absolute Gasteiger partial charge is 0.221 e. The van der Waals surface area contributed by atoms with Crippen molar-refractivity contribution in [1.29, 1.82) is 0 Å². The van der Waals surface area contributed by atoms with Gasteiger partial charge >= 0.3 is 0 Å². The molecule has 0 saturated heterocycles. The fraction of sp³-hybridized carbons (Fsp3) is 0.438. The number of amides is 1. The Morgan fingerprint density at radius 2 is 1.78 bits per heavy atom. The van der Waals surface area contributed by atoms with Gasteiger partial charge in [-0.25, -0.2) is 0 Å². The van der Waals surface area contributed by atoms with Gasteiger partial charge in [-0.05, 0) is 29.9 Å². The summed E-state index contributed by atoms with van der Waals surface area (Å²) < 4.78 is 0. The van der Waals surface area contributed by atoms with Gasteiger partial charge in [0.15, 0.2) is 0 Å². The summed E-state index contributed by atoms with van der Waals surface area (Å²) in [6.45, 7) is 5.38. The molecule has 0 aromatic heterocycles. The lowest BCUT2D eigenvalue weighted by Crippen LogP contribution is -2.17. The van der Waals surface area contributed by atoms with Gasteiger partial charge < -0.3 is 5.32 Å². The first-order valence-electron chi connectivity index (χ1n) is 6.73. The molecule has 96 valence electrons. The van der Waals surface area contributed by atoms with Crippen molar-refractivity contribution >= 4 is 11.6 Å². The molecular formula is C16H21NO. The zero-order valence-electron chi connectivity index (χ0n) is 11.0. The van der Waals surface area contributed by atoms with Crippen LogP contribution in [0.15, 0.2) is 30.8 Å². The highest BCUT2D eigenvalue weighted by Crippen LogP contribution is 2.32. The van der Waals surface area contributed by atoms with E-state index in [1.165, 1.54) is 44.6 Å². The Hall–Kier alpha value is -1.57. The monoisotopic (exact) mass is 243 g/mol. The topological polar surface area (TPSA) is 29.1 Å². The Morgan fingerprint density at radius 1 is 1.17 bits per heavy atom. The fourth-order valence-corrected chi connectivity index (χ4v) is 2.68. The van der Waals surface area contributed by atoms with Crippen LogP contribution < -0.4 is 5.32 Å². The molecule has 1 aliphatic rings. The molecule has 1 saturated carbocycles. The second-order valence-corrected chi connectivity index (χ2v) is 5.12. The molecule has 1 aromatic rings. The first-order chi connectivity index (χ1) is 8.66. The summed E-state index contributed by atoms with van der Waals surface area (Å²) in [6.07, 6.45) is 6.71. The Morgan fingerprint density at radius 3 is 2.33 bits per heavy atom. The van der Waals surface area contributed by atoms with E-state index in [1.54, 1.807) is 0 Å². The van der Waals surface area contributed by atoms with Crippen LogP contribution in [-0.4, -0.2) is 5.91 Å². The van der Waals surface area contributed by atoms with Crippen LogP contribution >= 0.6 is 0 Å². The molecule has 1 aliphatic carbocycles. The molecule has 0 unspecified atom stereocenters. The molecule has 1 N–H and O–H groups in total. The van der Waals surface area contributed by atoms with Crippen LogP contribution in [0.3, 0.4) is 0 Å². The van der Waals surface area contributed by atoms with Gasteiger partial charge in [-0.1, -0.05) is 50.1 Å². The van der Waals surface area contributed by atoms with E-state index in [-0.39, 0.29) is 5.91 Å². The summed E-state index contributed by atoms with van der Waals surface area (Å²) in [7, 11) is 0. The molecule has 2 nitrogen and oxygen atoms in total. The van der Waals surface area contributed by atoms with E-state index < -0.39 is 0 Å². The predicted octanol–water partition coefficient (Wildman–Crippen LogP) is 3.84. The second kappa shape index (κ2) is 5.85. The van der Waals surface area contributed by atoms with Crippen molar-refractivity contribution in [3.63, 3.8) is 0 Å². The first kappa shape index (κ1) is 12.9. The molecule has 2 heteroatoms. The van der Waals surface area contributed by atoms with Crippen LogP contribution in [-0.2, 0) is 4.79 Å². The van der Waals surface area contributed by atoms with Crippen molar-refractivity contribution in [1.82, 2.24) is 5.32 Å². The largest absolute Gasteiger partial charge is 0.326 e. The molecule has 0 aliphatic heterocycles. The molecule has 2 rings (SSSR count). The van der Waals surface area contributed by atoms with Gasteiger partial charge in [-0.3, -0.25) is 4.79 Å². The zero-order valence-corrected chi connectivity index (χ0v) is 11.0. The van der Waals surface area contributed by atoms with Crippen LogP contribution in [0, 0.1) is 0 Å². The molecule has 0 atom stereocenters. The van der Waals surface area contributed by atoms with Gasteiger partial charge in [0, 0.05) is 12.6 Å². The molecular weight excluding hydrogens is 222 g/mol.